The van der Waals surface area contributed by atoms with Crippen molar-refractivity contribution in [2.45, 2.75) is 33.1 Å². The SMILES string of the molecule is Cc1nn(-c2ccccc2)c(C)c1CC(=O)OCCCC(=O)c1cccs1. The number of carbonyl (C=O) groups excluding carboxylic acids is 2. The highest BCUT2D eigenvalue weighted by atomic mass is 32.1. The Balaban J connectivity index is 1.52. The molecule has 140 valence electrons. The molecule has 27 heavy (non-hydrogen) atoms. The first-order valence-electron chi connectivity index (χ1n) is 8.89. The number of nitrogens with zero attached hydrogens (tertiary/aromatic N) is 2. The maximum atomic E-state index is 12.2. The van der Waals surface area contributed by atoms with Gasteiger partial charge < -0.3 is 4.74 Å². The number of esters is 1. The number of aryl methyl sites for hydroxylation is 1. The average molecular weight is 382 g/mol. The molecule has 0 N–H and O–H groups in total. The van der Waals surface area contributed by atoms with E-state index in [0.717, 1.165) is 27.5 Å². The number of ketones is 1. The van der Waals surface area contributed by atoms with Gasteiger partial charge in [-0.2, -0.15) is 5.10 Å². The quantitative estimate of drug-likeness (QED) is 0.331. The molecule has 0 amide bonds. The molecule has 0 aliphatic heterocycles. The van der Waals surface area contributed by atoms with E-state index in [4.69, 9.17) is 4.74 Å². The van der Waals surface area contributed by atoms with Gasteiger partial charge in [-0.3, -0.25) is 9.59 Å². The summed E-state index contributed by atoms with van der Waals surface area (Å²) in [5.74, 6) is -0.200. The molecule has 3 rings (SSSR count). The van der Waals surface area contributed by atoms with Crippen LogP contribution in [-0.2, 0) is 16.0 Å². The Bertz CT molecular complexity index is 915. The van der Waals surface area contributed by atoms with Crippen LogP contribution in [0, 0.1) is 13.8 Å². The summed E-state index contributed by atoms with van der Waals surface area (Å²) in [5.41, 5.74) is 3.60. The first-order chi connectivity index (χ1) is 13.1. The van der Waals surface area contributed by atoms with Gasteiger partial charge in [-0.15, -0.1) is 11.3 Å². The molecule has 0 aliphatic carbocycles. The number of benzene rings is 1. The minimum atomic E-state index is -0.294. The van der Waals surface area contributed by atoms with E-state index in [-0.39, 0.29) is 24.8 Å². The van der Waals surface area contributed by atoms with E-state index < -0.39 is 0 Å². The van der Waals surface area contributed by atoms with Gasteiger partial charge in [0.2, 0.25) is 0 Å². The zero-order chi connectivity index (χ0) is 19.2. The van der Waals surface area contributed by atoms with Gasteiger partial charge in [-0.1, -0.05) is 24.3 Å². The fourth-order valence-corrected chi connectivity index (χ4v) is 3.62. The molecule has 0 bridgehead atoms. The van der Waals surface area contributed by atoms with E-state index in [1.165, 1.54) is 11.3 Å². The van der Waals surface area contributed by atoms with Crippen molar-refractivity contribution in [3.63, 3.8) is 0 Å². The second kappa shape index (κ2) is 8.77. The Labute approximate surface area is 162 Å². The monoisotopic (exact) mass is 382 g/mol. The molecule has 6 heteroatoms. The van der Waals surface area contributed by atoms with Gasteiger partial charge in [0.05, 0.1) is 29.3 Å². The number of carbonyl (C=O) groups is 2. The number of thiophene rings is 1. The molecule has 0 saturated heterocycles. The van der Waals surface area contributed by atoms with Crippen LogP contribution in [-0.4, -0.2) is 28.1 Å². The third kappa shape index (κ3) is 4.71. The van der Waals surface area contributed by atoms with Crippen molar-refractivity contribution >= 4 is 23.1 Å². The number of Topliss-reactive ketones (excluding diaryl/α,β-unsaturated/α-hetero) is 1. The maximum Gasteiger partial charge on any atom is 0.310 e. The van der Waals surface area contributed by atoms with Crippen molar-refractivity contribution in [3.05, 3.63) is 69.7 Å². The molecule has 2 heterocycles. The van der Waals surface area contributed by atoms with Crippen LogP contribution in [0.4, 0.5) is 0 Å². The first kappa shape index (κ1) is 19.0. The second-order valence-electron chi connectivity index (χ2n) is 6.30. The molecule has 3 aromatic rings. The van der Waals surface area contributed by atoms with Gasteiger partial charge in [0.15, 0.2) is 5.78 Å². The van der Waals surface area contributed by atoms with E-state index in [1.807, 2.05) is 66.4 Å². The van der Waals surface area contributed by atoms with E-state index >= 15 is 0 Å². The molecule has 0 radical (unpaired) electrons. The molecule has 0 saturated carbocycles. The summed E-state index contributed by atoms with van der Waals surface area (Å²) in [7, 11) is 0. The van der Waals surface area contributed by atoms with Crippen molar-refractivity contribution in [2.24, 2.45) is 0 Å². The predicted octanol–water partition coefficient (Wildman–Crippen LogP) is 4.30. The van der Waals surface area contributed by atoms with Crippen LogP contribution in [0.15, 0.2) is 47.8 Å². The first-order valence-corrected chi connectivity index (χ1v) is 9.77. The van der Waals surface area contributed by atoms with Gasteiger partial charge in [0, 0.05) is 17.7 Å². The second-order valence-corrected chi connectivity index (χ2v) is 7.25. The van der Waals surface area contributed by atoms with Gasteiger partial charge in [0.25, 0.3) is 0 Å². The summed E-state index contributed by atoms with van der Waals surface area (Å²) in [6.45, 7) is 4.10. The topological polar surface area (TPSA) is 61.2 Å². The van der Waals surface area contributed by atoms with Crippen LogP contribution in [0.1, 0.15) is 39.5 Å². The molecule has 0 atom stereocenters. The lowest BCUT2D eigenvalue weighted by Gasteiger charge is -2.06. The van der Waals surface area contributed by atoms with Crippen LogP contribution in [0.2, 0.25) is 0 Å². The number of hydrogen-bond donors (Lipinski definition) is 0. The molecule has 2 aromatic heterocycles. The lowest BCUT2D eigenvalue weighted by Crippen LogP contribution is -2.11. The number of hydrogen-bond acceptors (Lipinski definition) is 5. The molecule has 1 aromatic carbocycles. The Morgan fingerprint density at radius 2 is 1.89 bits per heavy atom. The highest BCUT2D eigenvalue weighted by Gasteiger charge is 2.17. The van der Waals surface area contributed by atoms with Crippen LogP contribution < -0.4 is 0 Å². The number of ether oxygens (including phenoxy) is 1. The predicted molar refractivity (Wildman–Crippen MR) is 106 cm³/mol. The molecule has 5 nitrogen and oxygen atoms in total. The number of aromatic nitrogens is 2. The molecular formula is C21H22N2O3S. The van der Waals surface area contributed by atoms with Gasteiger partial charge >= 0.3 is 5.97 Å². The van der Waals surface area contributed by atoms with Crippen LogP contribution in [0.3, 0.4) is 0 Å². The van der Waals surface area contributed by atoms with E-state index in [9.17, 15) is 9.59 Å². The summed E-state index contributed by atoms with van der Waals surface area (Å²) < 4.78 is 7.16. The largest absolute Gasteiger partial charge is 0.465 e. The fraction of sp³-hybridized carbons (Fsp3) is 0.286. The Kier molecular flexibility index (Phi) is 6.19. The zero-order valence-corrected chi connectivity index (χ0v) is 16.3. The highest BCUT2D eigenvalue weighted by Crippen LogP contribution is 2.19. The Morgan fingerprint density at radius 1 is 1.11 bits per heavy atom. The highest BCUT2D eigenvalue weighted by molar-refractivity contribution is 7.12. The van der Waals surface area contributed by atoms with Crippen molar-refractivity contribution in [2.75, 3.05) is 6.61 Å². The lowest BCUT2D eigenvalue weighted by atomic mass is 10.1. The third-order valence-electron chi connectivity index (χ3n) is 4.37. The zero-order valence-electron chi connectivity index (χ0n) is 15.5. The minimum Gasteiger partial charge on any atom is -0.465 e. The Morgan fingerprint density at radius 3 is 2.59 bits per heavy atom. The smallest absolute Gasteiger partial charge is 0.310 e. The van der Waals surface area contributed by atoms with Crippen molar-refractivity contribution in [1.29, 1.82) is 0 Å². The van der Waals surface area contributed by atoms with E-state index in [2.05, 4.69) is 5.10 Å². The summed E-state index contributed by atoms with van der Waals surface area (Å²) in [4.78, 5) is 24.9. The van der Waals surface area contributed by atoms with E-state index in [1.54, 1.807) is 0 Å². The fourth-order valence-electron chi connectivity index (χ4n) is 2.93. The van der Waals surface area contributed by atoms with Crippen LogP contribution in [0.25, 0.3) is 5.69 Å². The van der Waals surface area contributed by atoms with Gasteiger partial charge in [0.1, 0.15) is 0 Å². The normalized spacial score (nSPS) is 10.7. The summed E-state index contributed by atoms with van der Waals surface area (Å²) >= 11 is 1.43. The lowest BCUT2D eigenvalue weighted by molar-refractivity contribution is -0.142. The van der Waals surface area contributed by atoms with E-state index in [0.29, 0.717) is 12.8 Å². The van der Waals surface area contributed by atoms with Crippen molar-refractivity contribution in [3.8, 4) is 5.69 Å². The van der Waals surface area contributed by atoms with Crippen LogP contribution in [0.5, 0.6) is 0 Å². The van der Waals surface area contributed by atoms with Gasteiger partial charge in [-0.25, -0.2) is 4.68 Å². The maximum absolute atomic E-state index is 12.2. The van der Waals surface area contributed by atoms with Crippen molar-refractivity contribution in [1.82, 2.24) is 9.78 Å². The number of rotatable bonds is 8. The molecule has 0 unspecified atom stereocenters. The summed E-state index contributed by atoms with van der Waals surface area (Å²) in [6, 6.07) is 13.5. The van der Waals surface area contributed by atoms with Gasteiger partial charge in [-0.05, 0) is 43.8 Å². The van der Waals surface area contributed by atoms with Crippen LogP contribution >= 0.6 is 11.3 Å². The standard InChI is InChI=1S/C21H22N2O3S/c1-15-18(16(2)23(22-15)17-8-4-3-5-9-17)14-21(25)26-12-6-10-19(24)20-11-7-13-27-20/h3-5,7-9,11,13H,6,10,12,14H2,1-2H3. The summed E-state index contributed by atoms with van der Waals surface area (Å²) in [6.07, 6.45) is 1.10. The summed E-state index contributed by atoms with van der Waals surface area (Å²) in [5, 5.41) is 6.43. The molecule has 0 aliphatic rings. The average Bonchev–Trinajstić information content (AvgIpc) is 3.30. The Hall–Kier alpha value is -2.73. The number of para-hydroxylation sites is 1. The molecule has 0 fully saturated rings. The third-order valence-corrected chi connectivity index (χ3v) is 5.28. The molecule has 0 spiro atoms. The molecular weight excluding hydrogens is 360 g/mol. The van der Waals surface area contributed by atoms with Crippen molar-refractivity contribution < 1.29 is 14.3 Å². The minimum absolute atomic E-state index is 0.0943.